The zero-order chi connectivity index (χ0) is 12.0. The Balaban J connectivity index is 2.43. The van der Waals surface area contributed by atoms with E-state index >= 15 is 0 Å². The van der Waals surface area contributed by atoms with Gasteiger partial charge in [0.05, 0.1) is 0 Å². The molecule has 0 aliphatic rings. The van der Waals surface area contributed by atoms with E-state index < -0.39 is 0 Å². The number of anilines is 1. The van der Waals surface area contributed by atoms with Crippen LogP contribution in [-0.2, 0) is 0 Å². The van der Waals surface area contributed by atoms with Gasteiger partial charge in [-0.1, -0.05) is 32.3 Å². The van der Waals surface area contributed by atoms with E-state index in [0.29, 0.717) is 11.8 Å². The molecular weight excluding hydrogens is 198 g/mol. The molecule has 1 atom stereocenters. The summed E-state index contributed by atoms with van der Waals surface area (Å²) in [6.45, 7) is 6.31. The molecule has 1 aromatic carbocycles. The Bertz CT molecular complexity index is 323. The smallest absolute Gasteiger partial charge is 0.120 e. The highest BCUT2D eigenvalue weighted by molar-refractivity contribution is 5.51. The molecule has 1 aromatic rings. The first-order valence-electron chi connectivity index (χ1n) is 6.19. The summed E-state index contributed by atoms with van der Waals surface area (Å²) < 4.78 is 0. The molecule has 1 rings (SSSR count). The number of benzene rings is 1. The summed E-state index contributed by atoms with van der Waals surface area (Å²) in [5.41, 5.74) is 1.93. The highest BCUT2D eigenvalue weighted by atomic mass is 16.3. The second-order valence-electron chi connectivity index (χ2n) is 4.54. The minimum atomic E-state index is 0.366. The van der Waals surface area contributed by atoms with Gasteiger partial charge in [0.25, 0.3) is 0 Å². The number of phenolic OH excluding ortho intramolecular Hbond substituents is 1. The molecule has 0 fully saturated rings. The van der Waals surface area contributed by atoms with Gasteiger partial charge in [0.1, 0.15) is 5.75 Å². The fourth-order valence-corrected chi connectivity index (χ4v) is 1.76. The fraction of sp³-hybridized carbons (Fsp3) is 0.571. The van der Waals surface area contributed by atoms with Gasteiger partial charge in [-0.05, 0) is 31.9 Å². The molecule has 0 amide bonds. The van der Waals surface area contributed by atoms with Gasteiger partial charge < -0.3 is 10.4 Å². The minimum absolute atomic E-state index is 0.366. The normalized spacial score (nSPS) is 12.4. The topological polar surface area (TPSA) is 32.3 Å². The van der Waals surface area contributed by atoms with E-state index in [-0.39, 0.29) is 0 Å². The third-order valence-corrected chi connectivity index (χ3v) is 2.86. The Morgan fingerprint density at radius 2 is 2.06 bits per heavy atom. The molecule has 1 unspecified atom stereocenters. The number of hydrogen-bond acceptors (Lipinski definition) is 2. The van der Waals surface area contributed by atoms with Crippen molar-refractivity contribution in [2.24, 2.45) is 0 Å². The van der Waals surface area contributed by atoms with E-state index in [2.05, 4.69) is 19.2 Å². The van der Waals surface area contributed by atoms with Gasteiger partial charge in [0.2, 0.25) is 0 Å². The highest BCUT2D eigenvalue weighted by Gasteiger charge is 2.03. The van der Waals surface area contributed by atoms with Crippen molar-refractivity contribution < 1.29 is 5.11 Å². The zero-order valence-corrected chi connectivity index (χ0v) is 10.6. The number of rotatable bonds is 6. The van der Waals surface area contributed by atoms with Crippen LogP contribution in [0.3, 0.4) is 0 Å². The molecule has 0 aliphatic heterocycles. The van der Waals surface area contributed by atoms with E-state index in [1.165, 1.54) is 25.7 Å². The van der Waals surface area contributed by atoms with Gasteiger partial charge >= 0.3 is 0 Å². The lowest BCUT2D eigenvalue weighted by molar-refractivity contribution is 0.471. The second-order valence-corrected chi connectivity index (χ2v) is 4.54. The number of nitrogens with one attached hydrogen (secondary N) is 1. The van der Waals surface area contributed by atoms with Crippen molar-refractivity contribution in [2.45, 2.75) is 52.5 Å². The van der Waals surface area contributed by atoms with Crippen molar-refractivity contribution in [3.05, 3.63) is 23.8 Å². The molecule has 90 valence electrons. The Labute approximate surface area is 98.7 Å². The standard InChI is InChI=1S/C14H23NO/c1-4-5-6-7-12(3)15-13-9-8-11(2)14(16)10-13/h8-10,12,15-16H,4-7H2,1-3H3. The number of aromatic hydroxyl groups is 1. The summed E-state index contributed by atoms with van der Waals surface area (Å²) in [4.78, 5) is 0. The predicted molar refractivity (Wildman–Crippen MR) is 70.1 cm³/mol. The van der Waals surface area contributed by atoms with Gasteiger partial charge in [-0.15, -0.1) is 0 Å². The summed E-state index contributed by atoms with van der Waals surface area (Å²) in [7, 11) is 0. The summed E-state index contributed by atoms with van der Waals surface area (Å²) in [5, 5.41) is 13.0. The van der Waals surface area contributed by atoms with Crippen molar-refractivity contribution in [3.8, 4) is 5.75 Å². The molecule has 0 aromatic heterocycles. The van der Waals surface area contributed by atoms with Gasteiger partial charge in [-0.3, -0.25) is 0 Å². The molecule has 0 spiro atoms. The van der Waals surface area contributed by atoms with Crippen molar-refractivity contribution in [2.75, 3.05) is 5.32 Å². The molecule has 0 radical (unpaired) electrons. The van der Waals surface area contributed by atoms with Gasteiger partial charge in [-0.25, -0.2) is 0 Å². The summed E-state index contributed by atoms with van der Waals surface area (Å²) in [5.74, 6) is 0.366. The molecule has 0 heterocycles. The summed E-state index contributed by atoms with van der Waals surface area (Å²) in [6.07, 6.45) is 5.01. The molecule has 2 N–H and O–H groups in total. The Morgan fingerprint density at radius 3 is 2.69 bits per heavy atom. The van der Waals surface area contributed by atoms with Gasteiger partial charge in [0, 0.05) is 17.8 Å². The first-order valence-corrected chi connectivity index (χ1v) is 6.19. The Kier molecular flexibility index (Phi) is 5.17. The van der Waals surface area contributed by atoms with Crippen LogP contribution in [0.5, 0.6) is 5.75 Å². The number of hydrogen-bond donors (Lipinski definition) is 2. The maximum Gasteiger partial charge on any atom is 0.120 e. The molecule has 0 saturated carbocycles. The van der Waals surface area contributed by atoms with Crippen molar-refractivity contribution in [1.82, 2.24) is 0 Å². The van der Waals surface area contributed by atoms with Crippen LogP contribution in [0.1, 0.15) is 45.1 Å². The maximum atomic E-state index is 9.59. The molecule has 0 bridgehead atoms. The van der Waals surface area contributed by atoms with E-state index in [0.717, 1.165) is 11.3 Å². The van der Waals surface area contributed by atoms with Crippen LogP contribution in [0.4, 0.5) is 5.69 Å². The molecular formula is C14H23NO. The average Bonchev–Trinajstić information content (AvgIpc) is 2.24. The van der Waals surface area contributed by atoms with Crippen LogP contribution < -0.4 is 5.32 Å². The molecule has 0 saturated heterocycles. The van der Waals surface area contributed by atoms with Crippen molar-refractivity contribution in [3.63, 3.8) is 0 Å². The maximum absolute atomic E-state index is 9.59. The third kappa shape index (κ3) is 4.13. The summed E-state index contributed by atoms with van der Waals surface area (Å²) >= 11 is 0. The number of phenols is 1. The molecule has 16 heavy (non-hydrogen) atoms. The molecule has 0 aliphatic carbocycles. The lowest BCUT2D eigenvalue weighted by atomic mass is 10.1. The quantitative estimate of drug-likeness (QED) is 0.709. The van der Waals surface area contributed by atoms with E-state index in [1.54, 1.807) is 6.07 Å². The lowest BCUT2D eigenvalue weighted by Gasteiger charge is -2.15. The fourth-order valence-electron chi connectivity index (χ4n) is 1.76. The van der Waals surface area contributed by atoms with Gasteiger partial charge in [-0.2, -0.15) is 0 Å². The lowest BCUT2D eigenvalue weighted by Crippen LogP contribution is -2.14. The van der Waals surface area contributed by atoms with Crippen LogP contribution in [0, 0.1) is 6.92 Å². The van der Waals surface area contributed by atoms with Crippen LogP contribution in [0.15, 0.2) is 18.2 Å². The zero-order valence-electron chi connectivity index (χ0n) is 10.6. The highest BCUT2D eigenvalue weighted by Crippen LogP contribution is 2.21. The summed E-state index contributed by atoms with van der Waals surface area (Å²) in [6, 6.07) is 6.22. The van der Waals surface area contributed by atoms with Crippen LogP contribution >= 0.6 is 0 Å². The SMILES string of the molecule is CCCCCC(C)Nc1ccc(C)c(O)c1. The Morgan fingerprint density at radius 1 is 1.31 bits per heavy atom. The largest absolute Gasteiger partial charge is 0.508 e. The Hall–Kier alpha value is -1.18. The first-order chi connectivity index (χ1) is 7.63. The van der Waals surface area contributed by atoms with Gasteiger partial charge in [0.15, 0.2) is 0 Å². The second kappa shape index (κ2) is 6.41. The first kappa shape index (κ1) is 12.9. The minimum Gasteiger partial charge on any atom is -0.508 e. The third-order valence-electron chi connectivity index (χ3n) is 2.86. The van der Waals surface area contributed by atoms with Crippen molar-refractivity contribution >= 4 is 5.69 Å². The van der Waals surface area contributed by atoms with Crippen LogP contribution in [0.2, 0.25) is 0 Å². The van der Waals surface area contributed by atoms with Crippen molar-refractivity contribution in [1.29, 1.82) is 0 Å². The predicted octanol–water partition coefficient (Wildman–Crippen LogP) is 4.08. The van der Waals surface area contributed by atoms with Crippen LogP contribution in [0.25, 0.3) is 0 Å². The van der Waals surface area contributed by atoms with Crippen LogP contribution in [-0.4, -0.2) is 11.1 Å². The molecule has 2 nitrogen and oxygen atoms in total. The van der Waals surface area contributed by atoms with E-state index in [1.807, 2.05) is 19.1 Å². The monoisotopic (exact) mass is 221 g/mol. The number of aryl methyl sites for hydroxylation is 1. The average molecular weight is 221 g/mol. The van der Waals surface area contributed by atoms with E-state index in [9.17, 15) is 5.11 Å². The molecule has 2 heteroatoms. The number of unbranched alkanes of at least 4 members (excludes halogenated alkanes) is 2. The van der Waals surface area contributed by atoms with E-state index in [4.69, 9.17) is 0 Å².